The second-order valence-electron chi connectivity index (χ2n) is 5.90. The lowest BCUT2D eigenvalue weighted by molar-refractivity contribution is 0.0582. The van der Waals surface area contributed by atoms with Crippen LogP contribution in [-0.2, 0) is 6.54 Å². The number of likely N-dealkylation sites (N-methyl/N-ethyl adjacent to an activating group) is 1. The monoisotopic (exact) mass is 312 g/mol. The Balaban J connectivity index is 1.93. The molecule has 1 aromatic carbocycles. The van der Waals surface area contributed by atoms with E-state index in [4.69, 9.17) is 4.74 Å². The molecular formula is C17H20N4O2. The number of amides is 1. The fraction of sp³-hybridized carbons (Fsp3) is 0.353. The van der Waals surface area contributed by atoms with Crippen LogP contribution in [0.25, 0.3) is 0 Å². The van der Waals surface area contributed by atoms with Crippen molar-refractivity contribution in [3.8, 4) is 5.75 Å². The maximum atomic E-state index is 12.9. The second-order valence-corrected chi connectivity index (χ2v) is 5.90. The average molecular weight is 312 g/mol. The van der Waals surface area contributed by atoms with Crippen LogP contribution in [0.15, 0.2) is 43.0 Å². The van der Waals surface area contributed by atoms with E-state index in [0.717, 1.165) is 17.9 Å². The van der Waals surface area contributed by atoms with Crippen molar-refractivity contribution in [1.29, 1.82) is 0 Å². The van der Waals surface area contributed by atoms with E-state index in [1.54, 1.807) is 12.4 Å². The number of benzene rings is 1. The standard InChI is InChI=1S/C17H20N4O2/c1-20(2)10-15-11-23-16-6-4-3-5-13(16)9-21(15)17(22)14-7-18-12-19-8-14/h3-8,12,15H,9-11H2,1-2H3. The van der Waals surface area contributed by atoms with Gasteiger partial charge in [-0.25, -0.2) is 9.97 Å². The number of hydrogen-bond donors (Lipinski definition) is 0. The van der Waals surface area contributed by atoms with Gasteiger partial charge in [0.05, 0.1) is 18.2 Å². The van der Waals surface area contributed by atoms with Crippen molar-refractivity contribution in [3.05, 3.63) is 54.1 Å². The highest BCUT2D eigenvalue weighted by Gasteiger charge is 2.29. The molecule has 2 heterocycles. The van der Waals surface area contributed by atoms with E-state index in [2.05, 4.69) is 14.9 Å². The molecule has 0 N–H and O–H groups in total. The molecule has 1 atom stereocenters. The first kappa shape index (κ1) is 15.4. The summed E-state index contributed by atoms with van der Waals surface area (Å²) < 4.78 is 5.93. The summed E-state index contributed by atoms with van der Waals surface area (Å²) in [4.78, 5) is 24.7. The summed E-state index contributed by atoms with van der Waals surface area (Å²) in [6, 6.07) is 7.81. The molecule has 0 saturated heterocycles. The predicted molar refractivity (Wildman–Crippen MR) is 86.2 cm³/mol. The lowest BCUT2D eigenvalue weighted by Gasteiger charge is -2.31. The molecule has 1 aromatic heterocycles. The van der Waals surface area contributed by atoms with Gasteiger partial charge < -0.3 is 14.5 Å². The molecule has 6 nitrogen and oxygen atoms in total. The molecule has 0 fully saturated rings. The highest BCUT2D eigenvalue weighted by Crippen LogP contribution is 2.26. The minimum atomic E-state index is -0.0715. The van der Waals surface area contributed by atoms with Gasteiger partial charge in [0.2, 0.25) is 0 Å². The van der Waals surface area contributed by atoms with Gasteiger partial charge in [0, 0.05) is 24.5 Å². The molecule has 1 aliphatic rings. The average Bonchev–Trinajstić information content (AvgIpc) is 2.74. The van der Waals surface area contributed by atoms with Crippen molar-refractivity contribution in [1.82, 2.24) is 19.8 Å². The fourth-order valence-corrected chi connectivity index (χ4v) is 2.75. The quantitative estimate of drug-likeness (QED) is 0.858. The first-order chi connectivity index (χ1) is 11.1. The van der Waals surface area contributed by atoms with E-state index in [0.29, 0.717) is 18.7 Å². The van der Waals surface area contributed by atoms with Gasteiger partial charge in [-0.15, -0.1) is 0 Å². The molecule has 1 amide bonds. The zero-order valence-corrected chi connectivity index (χ0v) is 13.3. The Labute approximate surface area is 135 Å². The Morgan fingerprint density at radius 1 is 1.30 bits per heavy atom. The zero-order chi connectivity index (χ0) is 16.2. The number of nitrogens with zero attached hydrogens (tertiary/aromatic N) is 4. The number of carbonyl (C=O) groups excluding carboxylic acids is 1. The number of rotatable bonds is 3. The Kier molecular flexibility index (Phi) is 4.52. The molecule has 0 bridgehead atoms. The van der Waals surface area contributed by atoms with Gasteiger partial charge >= 0.3 is 0 Å². The lowest BCUT2D eigenvalue weighted by Crippen LogP contribution is -2.47. The zero-order valence-electron chi connectivity index (χ0n) is 13.3. The van der Waals surface area contributed by atoms with Crippen molar-refractivity contribution in [2.75, 3.05) is 27.2 Å². The molecule has 1 unspecified atom stereocenters. The van der Waals surface area contributed by atoms with E-state index in [1.165, 1.54) is 6.33 Å². The molecule has 120 valence electrons. The molecule has 2 aromatic rings. The highest BCUT2D eigenvalue weighted by molar-refractivity contribution is 5.93. The van der Waals surface area contributed by atoms with E-state index in [-0.39, 0.29) is 11.9 Å². The van der Waals surface area contributed by atoms with Gasteiger partial charge in [-0.3, -0.25) is 4.79 Å². The molecule has 0 saturated carbocycles. The minimum absolute atomic E-state index is 0.0369. The van der Waals surface area contributed by atoms with Crippen LogP contribution in [0.1, 0.15) is 15.9 Å². The van der Waals surface area contributed by atoms with E-state index in [1.807, 2.05) is 43.3 Å². The summed E-state index contributed by atoms with van der Waals surface area (Å²) in [7, 11) is 3.98. The Morgan fingerprint density at radius 2 is 2.04 bits per heavy atom. The summed E-state index contributed by atoms with van der Waals surface area (Å²) in [5.41, 5.74) is 1.51. The number of fused-ring (bicyclic) bond motifs is 1. The summed E-state index contributed by atoms with van der Waals surface area (Å²) in [5.74, 6) is 0.772. The van der Waals surface area contributed by atoms with Gasteiger partial charge in [0.1, 0.15) is 18.7 Å². The van der Waals surface area contributed by atoms with Gasteiger partial charge in [-0.2, -0.15) is 0 Å². The molecule has 1 aliphatic heterocycles. The normalized spacial score (nSPS) is 17.3. The number of ether oxygens (including phenoxy) is 1. The third kappa shape index (κ3) is 3.48. The Hall–Kier alpha value is -2.47. The number of hydrogen-bond acceptors (Lipinski definition) is 5. The number of aromatic nitrogens is 2. The van der Waals surface area contributed by atoms with Crippen molar-refractivity contribution in [2.24, 2.45) is 0 Å². The van der Waals surface area contributed by atoms with Crippen molar-refractivity contribution in [3.63, 3.8) is 0 Å². The SMILES string of the molecule is CN(C)CC1COc2ccccc2CN1C(=O)c1cncnc1. The molecule has 3 rings (SSSR count). The molecular weight excluding hydrogens is 292 g/mol. The smallest absolute Gasteiger partial charge is 0.257 e. The molecule has 0 spiro atoms. The first-order valence-corrected chi connectivity index (χ1v) is 7.56. The predicted octanol–water partition coefficient (Wildman–Crippen LogP) is 1.44. The Morgan fingerprint density at radius 3 is 2.78 bits per heavy atom. The number of carbonyl (C=O) groups is 1. The maximum absolute atomic E-state index is 12.9. The maximum Gasteiger partial charge on any atom is 0.257 e. The Bertz CT molecular complexity index is 675. The van der Waals surface area contributed by atoms with E-state index in [9.17, 15) is 4.79 Å². The van der Waals surface area contributed by atoms with Crippen molar-refractivity contribution >= 4 is 5.91 Å². The lowest BCUT2D eigenvalue weighted by atomic mass is 10.1. The van der Waals surface area contributed by atoms with Crippen LogP contribution in [0.2, 0.25) is 0 Å². The van der Waals surface area contributed by atoms with Crippen LogP contribution in [0.4, 0.5) is 0 Å². The molecule has 0 aliphatic carbocycles. The van der Waals surface area contributed by atoms with E-state index < -0.39 is 0 Å². The van der Waals surface area contributed by atoms with Gasteiger partial charge in [-0.1, -0.05) is 18.2 Å². The van der Waals surface area contributed by atoms with Crippen LogP contribution in [-0.4, -0.2) is 59.0 Å². The minimum Gasteiger partial charge on any atom is -0.491 e. The number of para-hydroxylation sites is 1. The third-order valence-electron chi connectivity index (χ3n) is 3.83. The van der Waals surface area contributed by atoms with Crippen LogP contribution >= 0.6 is 0 Å². The van der Waals surface area contributed by atoms with Crippen LogP contribution in [0.3, 0.4) is 0 Å². The highest BCUT2D eigenvalue weighted by atomic mass is 16.5. The van der Waals surface area contributed by atoms with Gasteiger partial charge in [0.15, 0.2) is 0 Å². The van der Waals surface area contributed by atoms with E-state index >= 15 is 0 Å². The fourth-order valence-electron chi connectivity index (χ4n) is 2.75. The molecule has 23 heavy (non-hydrogen) atoms. The van der Waals surface area contributed by atoms with Crippen molar-refractivity contribution in [2.45, 2.75) is 12.6 Å². The van der Waals surface area contributed by atoms with Crippen molar-refractivity contribution < 1.29 is 9.53 Å². The van der Waals surface area contributed by atoms with Crippen LogP contribution in [0.5, 0.6) is 5.75 Å². The summed E-state index contributed by atoms with van der Waals surface area (Å²) >= 11 is 0. The van der Waals surface area contributed by atoms with Gasteiger partial charge in [-0.05, 0) is 20.2 Å². The third-order valence-corrected chi connectivity index (χ3v) is 3.83. The summed E-state index contributed by atoms with van der Waals surface area (Å²) in [6.45, 7) is 1.71. The summed E-state index contributed by atoms with van der Waals surface area (Å²) in [5, 5.41) is 0. The largest absolute Gasteiger partial charge is 0.491 e. The molecule has 0 radical (unpaired) electrons. The first-order valence-electron chi connectivity index (χ1n) is 7.56. The molecule has 6 heteroatoms. The second kappa shape index (κ2) is 6.75. The summed E-state index contributed by atoms with van der Waals surface area (Å²) in [6.07, 6.45) is 4.54. The van der Waals surface area contributed by atoms with Crippen LogP contribution in [0, 0.1) is 0 Å². The van der Waals surface area contributed by atoms with Gasteiger partial charge in [0.25, 0.3) is 5.91 Å². The van der Waals surface area contributed by atoms with Crippen LogP contribution < -0.4 is 4.74 Å². The topological polar surface area (TPSA) is 58.6 Å².